The maximum Gasteiger partial charge on any atom is 0.200 e. The number of benzene rings is 2. The van der Waals surface area contributed by atoms with Gasteiger partial charge in [0, 0.05) is 10.8 Å². The van der Waals surface area contributed by atoms with Crippen molar-refractivity contribution in [2.75, 3.05) is 0 Å². The zero-order valence-corrected chi connectivity index (χ0v) is 17.8. The van der Waals surface area contributed by atoms with E-state index in [1.54, 1.807) is 35.0 Å². The van der Waals surface area contributed by atoms with Gasteiger partial charge in [-0.2, -0.15) is 21.0 Å². The highest BCUT2D eigenvalue weighted by Gasteiger charge is 2.14. The first kappa shape index (κ1) is 20.7. The van der Waals surface area contributed by atoms with Crippen LogP contribution in [0.3, 0.4) is 0 Å². The summed E-state index contributed by atoms with van der Waals surface area (Å²) in [5, 5.41) is 40.5. The third-order valence-electron chi connectivity index (χ3n) is 4.44. The van der Waals surface area contributed by atoms with Crippen molar-refractivity contribution < 1.29 is 9.47 Å². The average Bonchev–Trinajstić information content (AvgIpc) is 3.42. The van der Waals surface area contributed by atoms with Crippen LogP contribution < -0.4 is 9.47 Å². The van der Waals surface area contributed by atoms with Gasteiger partial charge in [-0.3, -0.25) is 0 Å². The van der Waals surface area contributed by atoms with Crippen LogP contribution >= 0.6 is 22.7 Å². The number of nitrogens with zero attached hydrogens (tertiary/aromatic N) is 4. The van der Waals surface area contributed by atoms with Gasteiger partial charge in [0.15, 0.2) is 10.1 Å². The Morgan fingerprint density at radius 1 is 0.531 bits per heavy atom. The number of nitriles is 4. The predicted octanol–water partition coefficient (Wildman–Crippen LogP) is 6.55. The number of thiophene rings is 2. The number of hydrogen-bond acceptors (Lipinski definition) is 8. The quantitative estimate of drug-likeness (QED) is 0.341. The Morgan fingerprint density at radius 2 is 0.906 bits per heavy atom. The molecule has 32 heavy (non-hydrogen) atoms. The number of rotatable bonds is 5. The third-order valence-corrected chi connectivity index (χ3v) is 6.15. The van der Waals surface area contributed by atoms with E-state index >= 15 is 0 Å². The van der Waals surface area contributed by atoms with E-state index in [2.05, 4.69) is 0 Å². The van der Waals surface area contributed by atoms with E-state index < -0.39 is 0 Å². The molecule has 0 bridgehead atoms. The molecule has 0 fully saturated rings. The SMILES string of the molecule is N#Cc1csc(Oc2ccc(-c3ccc(Oc4scc(C#N)c4C#N)cc3)cc2)c1C#N. The molecular formula is C24H10N4O2S2. The van der Waals surface area contributed by atoms with Gasteiger partial charge in [0.2, 0.25) is 0 Å². The van der Waals surface area contributed by atoms with Crippen molar-refractivity contribution in [3.8, 4) is 57.0 Å². The van der Waals surface area contributed by atoms with Crippen LogP contribution in [-0.4, -0.2) is 0 Å². The Bertz CT molecular complexity index is 1340. The molecule has 6 nitrogen and oxygen atoms in total. The summed E-state index contributed by atoms with van der Waals surface area (Å²) in [4.78, 5) is 0. The van der Waals surface area contributed by atoms with Gasteiger partial charge in [-0.1, -0.05) is 24.3 Å². The monoisotopic (exact) mass is 450 g/mol. The smallest absolute Gasteiger partial charge is 0.200 e. The Balaban J connectivity index is 1.49. The van der Waals surface area contributed by atoms with Crippen LogP contribution in [0, 0.1) is 45.3 Å². The molecule has 4 aromatic rings. The molecule has 4 rings (SSSR count). The second kappa shape index (κ2) is 9.04. The molecule has 2 aromatic carbocycles. The summed E-state index contributed by atoms with van der Waals surface area (Å²) in [6.07, 6.45) is 0. The molecular weight excluding hydrogens is 440 g/mol. The normalized spacial score (nSPS) is 9.75. The van der Waals surface area contributed by atoms with Crippen molar-refractivity contribution in [1.82, 2.24) is 0 Å². The lowest BCUT2D eigenvalue weighted by molar-refractivity contribution is 0.494. The van der Waals surface area contributed by atoms with Crippen LogP contribution in [0.1, 0.15) is 22.3 Å². The van der Waals surface area contributed by atoms with Crippen molar-refractivity contribution in [2.45, 2.75) is 0 Å². The van der Waals surface area contributed by atoms with Crippen LogP contribution in [0.15, 0.2) is 59.3 Å². The first-order valence-corrected chi connectivity index (χ1v) is 10.8. The molecule has 2 heterocycles. The van der Waals surface area contributed by atoms with Gasteiger partial charge in [-0.15, -0.1) is 22.7 Å². The molecule has 150 valence electrons. The molecule has 0 aliphatic carbocycles. The van der Waals surface area contributed by atoms with Crippen LogP contribution in [0.4, 0.5) is 0 Å². The summed E-state index contributed by atoms with van der Waals surface area (Å²) in [5.41, 5.74) is 3.00. The van der Waals surface area contributed by atoms with E-state index in [-0.39, 0.29) is 11.1 Å². The van der Waals surface area contributed by atoms with E-state index in [4.69, 9.17) is 20.0 Å². The first-order valence-electron chi connectivity index (χ1n) is 9.06. The van der Waals surface area contributed by atoms with E-state index in [9.17, 15) is 10.5 Å². The van der Waals surface area contributed by atoms with Crippen LogP contribution in [0.2, 0.25) is 0 Å². The van der Waals surface area contributed by atoms with Crippen molar-refractivity contribution >= 4 is 22.7 Å². The van der Waals surface area contributed by atoms with Crippen LogP contribution in [-0.2, 0) is 0 Å². The molecule has 2 aromatic heterocycles. The van der Waals surface area contributed by atoms with Crippen LogP contribution in [0.25, 0.3) is 11.1 Å². The van der Waals surface area contributed by atoms with Gasteiger partial charge < -0.3 is 9.47 Å². The van der Waals surface area contributed by atoms with E-state index in [0.29, 0.717) is 32.8 Å². The van der Waals surface area contributed by atoms with E-state index in [1.807, 2.05) is 48.5 Å². The molecule has 0 N–H and O–H groups in total. The molecule has 0 aliphatic heterocycles. The van der Waals surface area contributed by atoms with Crippen LogP contribution in [0.5, 0.6) is 21.6 Å². The van der Waals surface area contributed by atoms with Gasteiger partial charge in [0.05, 0.1) is 11.1 Å². The van der Waals surface area contributed by atoms with Crippen molar-refractivity contribution in [3.05, 3.63) is 81.5 Å². The Kier molecular flexibility index (Phi) is 5.84. The summed E-state index contributed by atoms with van der Waals surface area (Å²) < 4.78 is 11.5. The average molecular weight is 451 g/mol. The molecule has 0 aliphatic rings. The van der Waals surface area contributed by atoms with Crippen molar-refractivity contribution in [1.29, 1.82) is 21.0 Å². The fourth-order valence-corrected chi connectivity index (χ4v) is 4.48. The Labute approximate surface area is 191 Å². The van der Waals surface area contributed by atoms with E-state index in [0.717, 1.165) is 11.1 Å². The highest BCUT2D eigenvalue weighted by atomic mass is 32.1. The van der Waals surface area contributed by atoms with Crippen molar-refractivity contribution in [2.24, 2.45) is 0 Å². The fraction of sp³-hybridized carbons (Fsp3) is 0. The maximum absolute atomic E-state index is 9.23. The lowest BCUT2D eigenvalue weighted by Gasteiger charge is -2.07. The second-order valence-electron chi connectivity index (χ2n) is 6.32. The standard InChI is InChI=1S/C24H10N4O2S2/c25-9-17-13-31-23(21(17)11-27)29-19-5-1-15(2-6-19)16-3-7-20(8-4-16)30-24-22(12-28)18(10-26)14-32-24/h1-8,13-14H. The summed E-state index contributed by atoms with van der Waals surface area (Å²) in [6, 6.07) is 22.7. The summed E-state index contributed by atoms with van der Waals surface area (Å²) in [6.45, 7) is 0. The molecule has 0 saturated carbocycles. The summed E-state index contributed by atoms with van der Waals surface area (Å²) in [5.74, 6) is 1.12. The lowest BCUT2D eigenvalue weighted by atomic mass is 10.1. The lowest BCUT2D eigenvalue weighted by Crippen LogP contribution is -1.87. The number of hydrogen-bond donors (Lipinski definition) is 0. The molecule has 0 amide bonds. The predicted molar refractivity (Wildman–Crippen MR) is 120 cm³/mol. The summed E-state index contributed by atoms with van der Waals surface area (Å²) >= 11 is 2.42. The Hall–Kier alpha value is -4.60. The largest absolute Gasteiger partial charge is 0.445 e. The minimum Gasteiger partial charge on any atom is -0.445 e. The fourth-order valence-electron chi connectivity index (χ4n) is 2.85. The zero-order valence-electron chi connectivity index (χ0n) is 16.2. The molecule has 0 spiro atoms. The molecule has 0 atom stereocenters. The molecule has 8 heteroatoms. The number of ether oxygens (including phenoxy) is 2. The first-order chi connectivity index (χ1) is 15.7. The third kappa shape index (κ3) is 4.01. The van der Waals surface area contributed by atoms with Gasteiger partial charge in [-0.25, -0.2) is 0 Å². The van der Waals surface area contributed by atoms with Crippen molar-refractivity contribution in [3.63, 3.8) is 0 Å². The van der Waals surface area contributed by atoms with E-state index in [1.165, 1.54) is 22.7 Å². The highest BCUT2D eigenvalue weighted by molar-refractivity contribution is 7.12. The van der Waals surface area contributed by atoms with Gasteiger partial charge in [0.25, 0.3) is 0 Å². The highest BCUT2D eigenvalue weighted by Crippen LogP contribution is 2.36. The second-order valence-corrected chi connectivity index (χ2v) is 8.01. The maximum atomic E-state index is 9.23. The topological polar surface area (TPSA) is 114 Å². The molecule has 0 saturated heterocycles. The van der Waals surface area contributed by atoms with Gasteiger partial charge in [-0.05, 0) is 35.4 Å². The minimum absolute atomic E-state index is 0.240. The molecule has 0 unspecified atom stereocenters. The Morgan fingerprint density at radius 3 is 1.22 bits per heavy atom. The van der Waals surface area contributed by atoms with Gasteiger partial charge >= 0.3 is 0 Å². The summed E-state index contributed by atoms with van der Waals surface area (Å²) in [7, 11) is 0. The zero-order chi connectivity index (χ0) is 22.5. The minimum atomic E-state index is 0.240. The van der Waals surface area contributed by atoms with Gasteiger partial charge in [0.1, 0.15) is 46.9 Å². The molecule has 0 radical (unpaired) electrons.